The van der Waals surface area contributed by atoms with Crippen LogP contribution in [-0.2, 0) is 16.0 Å². The summed E-state index contributed by atoms with van der Waals surface area (Å²) in [6, 6.07) is 8.59. The lowest BCUT2D eigenvalue weighted by Crippen LogP contribution is -2.55. The van der Waals surface area contributed by atoms with Gasteiger partial charge >= 0.3 is 0 Å². The Kier molecular flexibility index (Phi) is 5.27. The normalized spacial score (nSPS) is 22.4. The van der Waals surface area contributed by atoms with Gasteiger partial charge in [-0.05, 0) is 23.6 Å². The van der Waals surface area contributed by atoms with E-state index >= 15 is 0 Å². The number of alkyl halides is 1. The maximum absolute atomic E-state index is 14.4. The number of carbonyl (C=O) groups excluding carboxylic acids is 2. The number of nitrogens with zero attached hydrogens (tertiary/aromatic N) is 1. The van der Waals surface area contributed by atoms with E-state index in [4.69, 9.17) is 0 Å². The van der Waals surface area contributed by atoms with Crippen LogP contribution in [0.5, 0.6) is 0 Å². The molecule has 4 rings (SSSR count). The summed E-state index contributed by atoms with van der Waals surface area (Å²) >= 11 is 0. The number of hydrogen-bond acceptors (Lipinski definition) is 3. The molecule has 2 amide bonds. The molecular formula is C21H20F3N3O2. The van der Waals surface area contributed by atoms with Crippen molar-refractivity contribution in [2.24, 2.45) is 0 Å². The predicted molar refractivity (Wildman–Crippen MR) is 99.6 cm³/mol. The summed E-state index contributed by atoms with van der Waals surface area (Å²) in [6.45, 7) is -0.00831. The molecule has 8 heteroatoms. The molecule has 2 N–H and O–H groups in total. The van der Waals surface area contributed by atoms with Gasteiger partial charge in [0.25, 0.3) is 0 Å². The zero-order chi connectivity index (χ0) is 20.5. The fourth-order valence-corrected chi connectivity index (χ4v) is 4.16. The molecule has 1 saturated heterocycles. The van der Waals surface area contributed by atoms with Crippen molar-refractivity contribution >= 4 is 12.3 Å². The first kappa shape index (κ1) is 19.4. The quantitative estimate of drug-likeness (QED) is 0.727. The number of hydrogen-bond donors (Lipinski definition) is 2. The first-order valence-electron chi connectivity index (χ1n) is 9.39. The van der Waals surface area contributed by atoms with Gasteiger partial charge in [0, 0.05) is 24.7 Å². The molecule has 1 aliphatic heterocycles. The van der Waals surface area contributed by atoms with E-state index in [1.54, 1.807) is 0 Å². The van der Waals surface area contributed by atoms with Crippen LogP contribution >= 0.6 is 0 Å². The number of fused-ring (bicyclic) bond motifs is 1. The highest BCUT2D eigenvalue weighted by Gasteiger charge is 2.41. The first-order chi connectivity index (χ1) is 14.0. The standard InChI is InChI=1S/C21H20F3N3O2/c22-13-5-6-16(17(24)8-13)20(27-9-14(23)10-27)21(29)26-18-7-12-3-1-2-4-15(12)19(18)25-11-28/h1-6,8,11,14,18-20H,7,9-10H2,(H,25,28)(H,26,29)/t18-,19?,20?/m0/s1. The van der Waals surface area contributed by atoms with Gasteiger partial charge in [0.1, 0.15) is 23.8 Å². The molecule has 1 fully saturated rings. The van der Waals surface area contributed by atoms with Crippen molar-refractivity contribution in [1.82, 2.24) is 15.5 Å². The monoisotopic (exact) mass is 403 g/mol. The summed E-state index contributed by atoms with van der Waals surface area (Å²) in [5, 5.41) is 5.61. The van der Waals surface area contributed by atoms with Gasteiger partial charge in [-0.2, -0.15) is 0 Å². The van der Waals surface area contributed by atoms with E-state index in [9.17, 15) is 22.8 Å². The third-order valence-electron chi connectivity index (χ3n) is 5.54. The van der Waals surface area contributed by atoms with E-state index in [2.05, 4.69) is 10.6 Å². The van der Waals surface area contributed by atoms with Crippen molar-refractivity contribution in [2.75, 3.05) is 13.1 Å². The van der Waals surface area contributed by atoms with Crippen molar-refractivity contribution < 1.29 is 22.8 Å². The Hall–Kier alpha value is -2.87. The molecule has 2 unspecified atom stereocenters. The maximum Gasteiger partial charge on any atom is 0.242 e. The van der Waals surface area contributed by atoms with Crippen LogP contribution in [0.2, 0.25) is 0 Å². The number of benzene rings is 2. The van der Waals surface area contributed by atoms with Crippen molar-refractivity contribution in [3.63, 3.8) is 0 Å². The molecule has 2 aliphatic rings. The second-order valence-corrected chi connectivity index (χ2v) is 7.40. The largest absolute Gasteiger partial charge is 0.350 e. The molecule has 1 heterocycles. The third-order valence-corrected chi connectivity index (χ3v) is 5.54. The lowest BCUT2D eigenvalue weighted by Gasteiger charge is -2.40. The second kappa shape index (κ2) is 7.87. The van der Waals surface area contributed by atoms with Gasteiger partial charge in [0.05, 0.1) is 12.1 Å². The molecule has 152 valence electrons. The molecule has 5 nitrogen and oxygen atoms in total. The number of carbonyl (C=O) groups is 2. The molecular weight excluding hydrogens is 383 g/mol. The Morgan fingerprint density at radius 2 is 1.93 bits per heavy atom. The SMILES string of the molecule is O=CNC1c2ccccc2C[C@@H]1NC(=O)C(c1ccc(F)cc1F)N1CC(F)C1. The number of nitrogens with one attached hydrogen (secondary N) is 2. The smallest absolute Gasteiger partial charge is 0.242 e. The van der Waals surface area contributed by atoms with E-state index < -0.39 is 41.8 Å². The Morgan fingerprint density at radius 3 is 2.62 bits per heavy atom. The van der Waals surface area contributed by atoms with E-state index in [0.717, 1.165) is 17.2 Å². The number of amides is 2. The molecule has 0 spiro atoms. The zero-order valence-corrected chi connectivity index (χ0v) is 15.4. The fourth-order valence-electron chi connectivity index (χ4n) is 4.16. The van der Waals surface area contributed by atoms with Gasteiger partial charge < -0.3 is 10.6 Å². The summed E-state index contributed by atoms with van der Waals surface area (Å²) in [7, 11) is 0. The lowest BCUT2D eigenvalue weighted by atomic mass is 9.98. The maximum atomic E-state index is 14.4. The Bertz CT molecular complexity index is 933. The minimum atomic E-state index is -1.09. The van der Waals surface area contributed by atoms with Gasteiger partial charge in [-0.15, -0.1) is 0 Å². The van der Waals surface area contributed by atoms with Gasteiger partial charge in [0.15, 0.2) is 0 Å². The average molecular weight is 403 g/mol. The predicted octanol–water partition coefficient (Wildman–Crippen LogP) is 2.19. The van der Waals surface area contributed by atoms with E-state index in [1.165, 1.54) is 11.0 Å². The van der Waals surface area contributed by atoms with Crippen LogP contribution in [0.25, 0.3) is 0 Å². The van der Waals surface area contributed by atoms with E-state index in [-0.39, 0.29) is 18.7 Å². The van der Waals surface area contributed by atoms with E-state index in [0.29, 0.717) is 18.9 Å². The minimum absolute atomic E-state index is 0.00416. The van der Waals surface area contributed by atoms with Crippen LogP contribution in [0.15, 0.2) is 42.5 Å². The summed E-state index contributed by atoms with van der Waals surface area (Å²) in [5.74, 6) is -2.12. The van der Waals surface area contributed by atoms with Crippen LogP contribution in [0, 0.1) is 11.6 Å². The van der Waals surface area contributed by atoms with Crippen LogP contribution in [0.3, 0.4) is 0 Å². The number of rotatable bonds is 6. The molecule has 2 aromatic carbocycles. The first-order valence-corrected chi connectivity index (χ1v) is 9.39. The number of likely N-dealkylation sites (tertiary alicyclic amines) is 1. The van der Waals surface area contributed by atoms with Crippen molar-refractivity contribution in [3.8, 4) is 0 Å². The zero-order valence-electron chi connectivity index (χ0n) is 15.4. The Labute approximate surface area is 165 Å². The molecule has 29 heavy (non-hydrogen) atoms. The molecule has 0 bridgehead atoms. The molecule has 0 radical (unpaired) electrons. The summed E-state index contributed by atoms with van der Waals surface area (Å²) in [6.07, 6.45) is -0.0155. The van der Waals surface area contributed by atoms with Crippen LogP contribution in [0.4, 0.5) is 13.2 Å². The summed E-state index contributed by atoms with van der Waals surface area (Å²) in [5.41, 5.74) is 1.89. The molecule has 1 aliphatic carbocycles. The average Bonchev–Trinajstić information content (AvgIpc) is 3.00. The highest BCUT2D eigenvalue weighted by atomic mass is 19.1. The Morgan fingerprint density at radius 1 is 1.17 bits per heavy atom. The van der Waals surface area contributed by atoms with Crippen LogP contribution in [-0.4, -0.2) is 42.5 Å². The highest BCUT2D eigenvalue weighted by molar-refractivity contribution is 5.84. The summed E-state index contributed by atoms with van der Waals surface area (Å²) < 4.78 is 41.2. The van der Waals surface area contributed by atoms with Gasteiger partial charge in [0.2, 0.25) is 12.3 Å². The van der Waals surface area contributed by atoms with Crippen molar-refractivity contribution in [2.45, 2.75) is 30.7 Å². The van der Waals surface area contributed by atoms with Crippen molar-refractivity contribution in [1.29, 1.82) is 0 Å². The molecule has 0 saturated carbocycles. The third kappa shape index (κ3) is 3.72. The van der Waals surface area contributed by atoms with E-state index in [1.807, 2.05) is 24.3 Å². The molecule has 3 atom stereocenters. The van der Waals surface area contributed by atoms with Gasteiger partial charge in [-0.3, -0.25) is 14.5 Å². The topological polar surface area (TPSA) is 61.4 Å². The van der Waals surface area contributed by atoms with Gasteiger partial charge in [-0.1, -0.05) is 30.3 Å². The minimum Gasteiger partial charge on any atom is -0.350 e. The number of halogens is 3. The van der Waals surface area contributed by atoms with Crippen LogP contribution < -0.4 is 10.6 Å². The fraction of sp³-hybridized carbons (Fsp3) is 0.333. The molecule has 0 aromatic heterocycles. The van der Waals surface area contributed by atoms with Crippen LogP contribution in [0.1, 0.15) is 28.8 Å². The van der Waals surface area contributed by atoms with Gasteiger partial charge in [-0.25, -0.2) is 13.2 Å². The van der Waals surface area contributed by atoms with Crippen molar-refractivity contribution in [3.05, 3.63) is 70.8 Å². The summed E-state index contributed by atoms with van der Waals surface area (Å²) in [4.78, 5) is 25.7. The molecule has 2 aromatic rings. The second-order valence-electron chi connectivity index (χ2n) is 7.40. The Balaban J connectivity index is 1.59. The lowest BCUT2D eigenvalue weighted by molar-refractivity contribution is -0.131. The highest BCUT2D eigenvalue weighted by Crippen LogP contribution is 2.33.